The number of hydrogen-bond acceptors (Lipinski definition) is 1. The van der Waals surface area contributed by atoms with Gasteiger partial charge in [0.1, 0.15) is 0 Å². The van der Waals surface area contributed by atoms with Crippen molar-refractivity contribution < 1.29 is 4.21 Å². The Morgan fingerprint density at radius 2 is 2.06 bits per heavy atom. The van der Waals surface area contributed by atoms with E-state index in [0.29, 0.717) is 17.2 Å². The normalized spacial score (nSPS) is 25.9. The molecule has 0 aromatic rings. The molecule has 1 unspecified atom stereocenters. The second-order valence-electron chi connectivity index (χ2n) is 4.87. The van der Waals surface area contributed by atoms with Crippen LogP contribution in [-0.4, -0.2) is 9.07 Å². The highest BCUT2D eigenvalue weighted by Gasteiger charge is 2.24. The van der Waals surface area contributed by atoms with Crippen LogP contribution in [0.5, 0.6) is 0 Å². The van der Waals surface area contributed by atoms with Crippen molar-refractivity contribution in [1.82, 2.24) is 0 Å². The van der Waals surface area contributed by atoms with Crippen LogP contribution in [0.3, 0.4) is 0 Å². The van der Waals surface area contributed by atoms with Gasteiger partial charge in [0.25, 0.3) is 0 Å². The molecule has 0 bridgehead atoms. The molecule has 90 valence electrons. The Morgan fingerprint density at radius 1 is 1.35 bits per heavy atom. The zero-order chi connectivity index (χ0) is 12.3. The zero-order valence-corrected chi connectivity index (χ0v) is 11.1. The summed E-state index contributed by atoms with van der Waals surface area (Å²) in [5, 5.41) is 0. The highest BCUT2D eigenvalue weighted by molar-refractivity contribution is 7.67. The number of allylic oxidation sites excluding steroid dienone is 4. The van der Waals surface area contributed by atoms with Crippen LogP contribution in [0.2, 0.25) is 0 Å². The average molecular weight is 246 g/mol. The van der Waals surface area contributed by atoms with E-state index in [1.807, 2.05) is 6.08 Å². The Balaban J connectivity index is 2.32. The standard InChI is InChI=1S/C15H18OS/c1-3-12-9-10-14(11(2)15(12)17-16)13-7-5-4-6-8-13/h1,9-10,12-13H,4-8H2,2H3. The third-order valence-corrected chi connectivity index (χ3v) is 4.61. The highest BCUT2D eigenvalue weighted by Crippen LogP contribution is 2.34. The first-order valence-electron chi connectivity index (χ1n) is 6.30. The summed E-state index contributed by atoms with van der Waals surface area (Å²) in [4.78, 5) is 0.829. The maximum absolute atomic E-state index is 11.2. The molecule has 2 aliphatic carbocycles. The van der Waals surface area contributed by atoms with Crippen LogP contribution in [-0.2, 0) is 11.3 Å². The number of rotatable bonds is 1. The van der Waals surface area contributed by atoms with E-state index < -0.39 is 0 Å². The van der Waals surface area contributed by atoms with E-state index in [-0.39, 0.29) is 5.92 Å². The topological polar surface area (TPSA) is 17.1 Å². The van der Waals surface area contributed by atoms with E-state index in [9.17, 15) is 4.21 Å². The fourth-order valence-electron chi connectivity index (χ4n) is 2.89. The largest absolute Gasteiger partial charge is 0.212 e. The highest BCUT2D eigenvalue weighted by atomic mass is 32.1. The Hall–Kier alpha value is -1.07. The Labute approximate surface area is 107 Å². The minimum atomic E-state index is -0.107. The second kappa shape index (κ2) is 5.51. The van der Waals surface area contributed by atoms with Crippen molar-refractivity contribution in [2.75, 3.05) is 0 Å². The fraction of sp³-hybridized carbons (Fsp3) is 0.533. The first-order valence-corrected chi connectivity index (χ1v) is 7.04. The van der Waals surface area contributed by atoms with Crippen molar-refractivity contribution in [3.05, 3.63) is 23.3 Å². The lowest BCUT2D eigenvalue weighted by molar-refractivity contribution is 0.406. The Morgan fingerprint density at radius 3 is 2.65 bits per heavy atom. The molecular weight excluding hydrogens is 228 g/mol. The maximum Gasteiger partial charge on any atom is 0.0940 e. The van der Waals surface area contributed by atoms with Gasteiger partial charge in [-0.25, -0.2) is 4.21 Å². The monoisotopic (exact) mass is 246 g/mol. The van der Waals surface area contributed by atoms with E-state index in [1.54, 1.807) is 0 Å². The maximum atomic E-state index is 11.2. The zero-order valence-electron chi connectivity index (χ0n) is 10.2. The molecule has 0 aromatic heterocycles. The number of hydrogen-bond donors (Lipinski definition) is 0. The molecule has 1 atom stereocenters. The van der Waals surface area contributed by atoms with Crippen molar-refractivity contribution >= 4 is 16.1 Å². The molecule has 0 amide bonds. The van der Waals surface area contributed by atoms with Crippen LogP contribution in [0.15, 0.2) is 23.3 Å². The molecule has 2 rings (SSSR count). The van der Waals surface area contributed by atoms with Crippen LogP contribution < -0.4 is 0 Å². The van der Waals surface area contributed by atoms with E-state index in [1.165, 1.54) is 37.7 Å². The number of terminal acetylenes is 1. The van der Waals surface area contributed by atoms with Crippen molar-refractivity contribution in [2.45, 2.75) is 39.0 Å². The summed E-state index contributed by atoms with van der Waals surface area (Å²) in [5.41, 5.74) is 2.50. The van der Waals surface area contributed by atoms with Gasteiger partial charge in [-0.2, -0.15) is 0 Å². The van der Waals surface area contributed by atoms with Crippen LogP contribution in [0.25, 0.3) is 0 Å². The van der Waals surface area contributed by atoms with Gasteiger partial charge in [0.15, 0.2) is 0 Å². The second-order valence-corrected chi connectivity index (χ2v) is 5.47. The van der Waals surface area contributed by atoms with Gasteiger partial charge in [-0.15, -0.1) is 6.42 Å². The smallest absolute Gasteiger partial charge is 0.0940 e. The summed E-state index contributed by atoms with van der Waals surface area (Å²) in [5.74, 6) is 3.21. The molecule has 0 saturated heterocycles. The van der Waals surface area contributed by atoms with Crippen LogP contribution in [0.4, 0.5) is 0 Å². The molecule has 0 heterocycles. The SMILES string of the molecule is C#CC1C=CC(C2CCCCC2)=C(C)C1=S=O. The van der Waals surface area contributed by atoms with E-state index in [0.717, 1.165) is 10.4 Å². The predicted molar refractivity (Wildman–Crippen MR) is 73.9 cm³/mol. The van der Waals surface area contributed by atoms with Gasteiger partial charge in [-0.3, -0.25) is 0 Å². The van der Waals surface area contributed by atoms with Gasteiger partial charge in [0.2, 0.25) is 0 Å². The van der Waals surface area contributed by atoms with E-state index in [4.69, 9.17) is 6.42 Å². The van der Waals surface area contributed by atoms with Crippen LogP contribution >= 0.6 is 0 Å². The summed E-state index contributed by atoms with van der Waals surface area (Å²) >= 11 is 0.569. The van der Waals surface area contributed by atoms with Gasteiger partial charge in [-0.1, -0.05) is 37.3 Å². The Kier molecular flexibility index (Phi) is 4.02. The molecule has 1 nitrogen and oxygen atoms in total. The summed E-state index contributed by atoms with van der Waals surface area (Å²) in [6.45, 7) is 2.05. The third kappa shape index (κ3) is 2.45. The van der Waals surface area contributed by atoms with Gasteiger partial charge in [0.05, 0.1) is 22.0 Å². The summed E-state index contributed by atoms with van der Waals surface area (Å²) in [6, 6.07) is 0. The molecule has 1 saturated carbocycles. The Bertz CT molecular complexity index is 452. The molecule has 0 aliphatic heterocycles. The van der Waals surface area contributed by atoms with Gasteiger partial charge >= 0.3 is 0 Å². The summed E-state index contributed by atoms with van der Waals surface area (Å²) in [7, 11) is 0. The first kappa shape index (κ1) is 12.4. The van der Waals surface area contributed by atoms with Crippen molar-refractivity contribution in [3.63, 3.8) is 0 Å². The molecule has 0 aromatic carbocycles. The van der Waals surface area contributed by atoms with Crippen molar-refractivity contribution in [3.8, 4) is 12.3 Å². The van der Waals surface area contributed by atoms with Crippen LogP contribution in [0.1, 0.15) is 39.0 Å². The summed E-state index contributed by atoms with van der Waals surface area (Å²) in [6.07, 6.45) is 16.1. The summed E-state index contributed by atoms with van der Waals surface area (Å²) < 4.78 is 11.2. The molecule has 1 fully saturated rings. The lowest BCUT2D eigenvalue weighted by Crippen LogP contribution is -2.20. The van der Waals surface area contributed by atoms with Gasteiger partial charge in [-0.05, 0) is 36.8 Å². The molecule has 0 spiro atoms. The third-order valence-electron chi connectivity index (χ3n) is 3.87. The first-order chi connectivity index (χ1) is 8.27. The molecule has 2 aliphatic rings. The van der Waals surface area contributed by atoms with E-state index >= 15 is 0 Å². The van der Waals surface area contributed by atoms with Crippen molar-refractivity contribution in [2.24, 2.45) is 11.8 Å². The quantitative estimate of drug-likeness (QED) is 0.513. The van der Waals surface area contributed by atoms with Crippen LogP contribution in [0, 0.1) is 24.2 Å². The minimum Gasteiger partial charge on any atom is -0.212 e. The van der Waals surface area contributed by atoms with Gasteiger partial charge in [0, 0.05) is 0 Å². The fourth-order valence-corrected chi connectivity index (χ4v) is 3.38. The molecular formula is C15H18OS. The molecule has 0 N–H and O–H groups in total. The van der Waals surface area contributed by atoms with Crippen molar-refractivity contribution in [1.29, 1.82) is 0 Å². The minimum absolute atomic E-state index is 0.107. The predicted octanol–water partition coefficient (Wildman–Crippen LogP) is 3.09. The lowest BCUT2D eigenvalue weighted by atomic mass is 9.78. The van der Waals surface area contributed by atoms with Gasteiger partial charge < -0.3 is 0 Å². The molecule has 17 heavy (non-hydrogen) atoms. The van der Waals surface area contributed by atoms with E-state index in [2.05, 4.69) is 18.9 Å². The lowest BCUT2D eigenvalue weighted by Gasteiger charge is -2.27. The molecule has 0 radical (unpaired) electrons. The average Bonchev–Trinajstić information content (AvgIpc) is 2.39. The molecule has 2 heteroatoms.